The number of carbonyl (C=O) groups is 4. The first-order chi connectivity index (χ1) is 9.82. The molecule has 0 radical (unpaired) electrons. The van der Waals surface area contributed by atoms with E-state index in [1.54, 1.807) is 0 Å². The van der Waals surface area contributed by atoms with Gasteiger partial charge in [0.2, 0.25) is 5.78 Å². The molecule has 0 aliphatic rings. The zero-order valence-electron chi connectivity index (χ0n) is 12.0. The fourth-order valence-electron chi connectivity index (χ4n) is 0.986. The Morgan fingerprint density at radius 2 is 1.62 bits per heavy atom. The van der Waals surface area contributed by atoms with Gasteiger partial charge in [0, 0.05) is 20.8 Å². The van der Waals surface area contributed by atoms with E-state index < -0.39 is 23.7 Å². The maximum atomic E-state index is 11.7. The maximum Gasteiger partial charge on any atom is 0.308 e. The van der Waals surface area contributed by atoms with Gasteiger partial charge >= 0.3 is 17.9 Å². The Balaban J connectivity index is 4.72. The molecule has 0 fully saturated rings. The second-order valence-corrected chi connectivity index (χ2v) is 3.63. The van der Waals surface area contributed by atoms with E-state index in [-0.39, 0.29) is 12.4 Å². The van der Waals surface area contributed by atoms with Gasteiger partial charge in [-0.1, -0.05) is 0 Å². The SMILES string of the molecule is CC(=O)OC=CC=C(OC(C)=O)C(=O)C=CCOC(C)=O. The summed E-state index contributed by atoms with van der Waals surface area (Å²) >= 11 is 0. The Bertz CT molecular complexity index is 497. The monoisotopic (exact) mass is 296 g/mol. The van der Waals surface area contributed by atoms with Crippen LogP contribution in [0, 0.1) is 0 Å². The Labute approximate surface area is 121 Å². The highest BCUT2D eigenvalue weighted by Gasteiger charge is 2.09. The highest BCUT2D eigenvalue weighted by Crippen LogP contribution is 2.02. The van der Waals surface area contributed by atoms with Crippen LogP contribution in [0.25, 0.3) is 0 Å². The van der Waals surface area contributed by atoms with E-state index in [9.17, 15) is 19.2 Å². The predicted molar refractivity (Wildman–Crippen MR) is 71.5 cm³/mol. The van der Waals surface area contributed by atoms with Crippen molar-refractivity contribution in [1.82, 2.24) is 0 Å². The molecule has 0 amide bonds. The zero-order chi connectivity index (χ0) is 16.3. The molecule has 0 aromatic heterocycles. The summed E-state index contributed by atoms with van der Waals surface area (Å²) in [4.78, 5) is 43.7. The Hall–Kier alpha value is -2.70. The molecule has 0 saturated heterocycles. The van der Waals surface area contributed by atoms with Crippen molar-refractivity contribution >= 4 is 23.7 Å². The van der Waals surface area contributed by atoms with Crippen molar-refractivity contribution in [1.29, 1.82) is 0 Å². The second-order valence-electron chi connectivity index (χ2n) is 3.63. The summed E-state index contributed by atoms with van der Waals surface area (Å²) in [5.74, 6) is -2.55. The molecule has 0 aliphatic heterocycles. The molecule has 114 valence electrons. The van der Waals surface area contributed by atoms with Crippen LogP contribution in [-0.2, 0) is 33.4 Å². The highest BCUT2D eigenvalue weighted by atomic mass is 16.5. The van der Waals surface area contributed by atoms with Gasteiger partial charge in [-0.2, -0.15) is 0 Å². The smallest absolute Gasteiger partial charge is 0.308 e. The van der Waals surface area contributed by atoms with Crippen molar-refractivity contribution in [2.75, 3.05) is 6.61 Å². The Morgan fingerprint density at radius 3 is 2.14 bits per heavy atom. The van der Waals surface area contributed by atoms with Crippen molar-refractivity contribution in [3.8, 4) is 0 Å². The van der Waals surface area contributed by atoms with Gasteiger partial charge in [0.25, 0.3) is 0 Å². The zero-order valence-corrected chi connectivity index (χ0v) is 12.0. The van der Waals surface area contributed by atoms with E-state index in [1.807, 2.05) is 0 Å². The van der Waals surface area contributed by atoms with E-state index in [2.05, 4.69) is 9.47 Å². The first-order valence-corrected chi connectivity index (χ1v) is 5.89. The molecule has 0 N–H and O–H groups in total. The van der Waals surface area contributed by atoms with Crippen LogP contribution in [0.3, 0.4) is 0 Å². The summed E-state index contributed by atoms with van der Waals surface area (Å²) in [7, 11) is 0. The van der Waals surface area contributed by atoms with Crippen LogP contribution in [0.1, 0.15) is 20.8 Å². The van der Waals surface area contributed by atoms with Gasteiger partial charge in [0.15, 0.2) is 5.76 Å². The molecule has 0 heterocycles. The standard InChI is InChI=1S/C14H16O7/c1-10(15)19-8-4-6-13(18)14(21-12(3)17)7-5-9-20-11(2)16/h4-7,9H,8H2,1-3H3. The fourth-order valence-corrected chi connectivity index (χ4v) is 0.986. The number of hydrogen-bond acceptors (Lipinski definition) is 7. The Morgan fingerprint density at radius 1 is 0.952 bits per heavy atom. The molecule has 0 atom stereocenters. The minimum atomic E-state index is -0.677. The average molecular weight is 296 g/mol. The number of rotatable bonds is 7. The predicted octanol–water partition coefficient (Wildman–Crippen LogP) is 1.20. The van der Waals surface area contributed by atoms with Crippen molar-refractivity contribution < 1.29 is 33.4 Å². The van der Waals surface area contributed by atoms with E-state index in [1.165, 1.54) is 32.1 Å². The fraction of sp³-hybridized carbons (Fsp3) is 0.286. The van der Waals surface area contributed by atoms with Gasteiger partial charge in [-0.05, 0) is 24.3 Å². The largest absolute Gasteiger partial charge is 0.462 e. The Kier molecular flexibility index (Phi) is 8.83. The van der Waals surface area contributed by atoms with Crippen LogP contribution in [0.2, 0.25) is 0 Å². The van der Waals surface area contributed by atoms with E-state index in [0.717, 1.165) is 19.3 Å². The molecule has 0 saturated carbocycles. The van der Waals surface area contributed by atoms with Crippen LogP contribution >= 0.6 is 0 Å². The maximum absolute atomic E-state index is 11.7. The average Bonchev–Trinajstić information content (AvgIpc) is 2.37. The van der Waals surface area contributed by atoms with E-state index >= 15 is 0 Å². The molecule has 0 rings (SSSR count). The topological polar surface area (TPSA) is 96.0 Å². The first kappa shape index (κ1) is 18.3. The molecule has 0 bridgehead atoms. The van der Waals surface area contributed by atoms with Gasteiger partial charge in [-0.3, -0.25) is 19.2 Å². The number of ether oxygens (including phenoxy) is 3. The number of ketones is 1. The van der Waals surface area contributed by atoms with Crippen molar-refractivity contribution in [3.05, 3.63) is 36.3 Å². The summed E-state index contributed by atoms with van der Waals surface area (Å²) < 4.78 is 13.8. The summed E-state index contributed by atoms with van der Waals surface area (Å²) in [6.07, 6.45) is 5.84. The lowest BCUT2D eigenvalue weighted by Crippen LogP contribution is -2.07. The number of carbonyl (C=O) groups excluding carboxylic acids is 4. The lowest BCUT2D eigenvalue weighted by atomic mass is 10.2. The summed E-state index contributed by atoms with van der Waals surface area (Å²) in [5.41, 5.74) is 0. The van der Waals surface area contributed by atoms with Gasteiger partial charge in [-0.15, -0.1) is 0 Å². The number of esters is 3. The third kappa shape index (κ3) is 10.9. The first-order valence-electron chi connectivity index (χ1n) is 5.89. The quantitative estimate of drug-likeness (QED) is 0.229. The van der Waals surface area contributed by atoms with Gasteiger partial charge in [0.1, 0.15) is 6.61 Å². The lowest BCUT2D eigenvalue weighted by Gasteiger charge is -2.02. The summed E-state index contributed by atoms with van der Waals surface area (Å²) in [6, 6.07) is 0. The van der Waals surface area contributed by atoms with Crippen LogP contribution in [0.5, 0.6) is 0 Å². The molecule has 0 unspecified atom stereocenters. The van der Waals surface area contributed by atoms with Crippen molar-refractivity contribution in [3.63, 3.8) is 0 Å². The highest BCUT2D eigenvalue weighted by molar-refractivity contribution is 6.03. The van der Waals surface area contributed by atoms with Crippen LogP contribution in [0.15, 0.2) is 36.3 Å². The third-order valence-corrected chi connectivity index (χ3v) is 1.71. The van der Waals surface area contributed by atoms with E-state index in [4.69, 9.17) is 4.74 Å². The van der Waals surface area contributed by atoms with Gasteiger partial charge < -0.3 is 14.2 Å². The molecule has 7 heteroatoms. The number of hydrogen-bond donors (Lipinski definition) is 0. The second kappa shape index (κ2) is 10.1. The van der Waals surface area contributed by atoms with Crippen molar-refractivity contribution in [2.45, 2.75) is 20.8 Å². The van der Waals surface area contributed by atoms with E-state index in [0.29, 0.717) is 0 Å². The third-order valence-electron chi connectivity index (χ3n) is 1.71. The van der Waals surface area contributed by atoms with Gasteiger partial charge in [0.05, 0.1) is 6.26 Å². The van der Waals surface area contributed by atoms with Crippen LogP contribution in [0.4, 0.5) is 0 Å². The molecule has 0 aliphatic carbocycles. The normalized spacial score (nSPS) is 11.5. The summed E-state index contributed by atoms with van der Waals surface area (Å²) in [6.45, 7) is 3.51. The molecule has 0 aromatic carbocycles. The molecule has 7 nitrogen and oxygen atoms in total. The molecule has 21 heavy (non-hydrogen) atoms. The van der Waals surface area contributed by atoms with Crippen LogP contribution < -0.4 is 0 Å². The molecular formula is C14H16O7. The minimum Gasteiger partial charge on any atom is -0.462 e. The van der Waals surface area contributed by atoms with Crippen molar-refractivity contribution in [2.24, 2.45) is 0 Å². The number of allylic oxidation sites excluding steroid dienone is 3. The lowest BCUT2D eigenvalue weighted by molar-refractivity contribution is -0.140. The summed E-state index contributed by atoms with van der Waals surface area (Å²) in [5, 5.41) is 0. The molecular weight excluding hydrogens is 280 g/mol. The van der Waals surface area contributed by atoms with Gasteiger partial charge in [-0.25, -0.2) is 0 Å². The molecule has 0 aromatic rings. The minimum absolute atomic E-state index is 0.0717. The molecule has 0 spiro atoms. The van der Waals surface area contributed by atoms with Crippen LogP contribution in [-0.4, -0.2) is 30.3 Å².